The maximum absolute atomic E-state index is 13.1. The number of aryl methyl sites for hydroxylation is 1. The van der Waals surface area contributed by atoms with Crippen molar-refractivity contribution in [3.05, 3.63) is 55.9 Å². The third-order valence-corrected chi connectivity index (χ3v) is 4.59. The molecule has 0 radical (unpaired) electrons. The molecule has 1 unspecified atom stereocenters. The van der Waals surface area contributed by atoms with Crippen molar-refractivity contribution in [3.8, 4) is 0 Å². The van der Waals surface area contributed by atoms with Gasteiger partial charge in [-0.2, -0.15) is 0 Å². The maximum atomic E-state index is 13.1. The van der Waals surface area contributed by atoms with Gasteiger partial charge in [-0.15, -0.1) is 11.3 Å². The van der Waals surface area contributed by atoms with Crippen LogP contribution in [0.15, 0.2) is 34.1 Å². The van der Waals surface area contributed by atoms with E-state index >= 15 is 0 Å². The molecule has 1 aromatic heterocycles. The molecule has 2 aromatic rings. The second-order valence-corrected chi connectivity index (χ2v) is 5.78. The largest absolute Gasteiger partial charge is 0.388 e. The van der Waals surface area contributed by atoms with Gasteiger partial charge in [0.2, 0.25) is 0 Å². The summed E-state index contributed by atoms with van der Waals surface area (Å²) in [4.78, 5) is 1.10. The van der Waals surface area contributed by atoms with Crippen molar-refractivity contribution in [2.75, 3.05) is 0 Å². The van der Waals surface area contributed by atoms with Crippen LogP contribution in [0.4, 0.5) is 4.39 Å². The highest BCUT2D eigenvalue weighted by Gasteiger charge is 2.12. The molecule has 0 saturated heterocycles. The lowest BCUT2D eigenvalue weighted by Crippen LogP contribution is -2.01. The van der Waals surface area contributed by atoms with Gasteiger partial charge < -0.3 is 5.11 Å². The summed E-state index contributed by atoms with van der Waals surface area (Å²) in [6, 6.07) is 6.69. The predicted molar refractivity (Wildman–Crippen MR) is 71.8 cm³/mol. The van der Waals surface area contributed by atoms with Gasteiger partial charge in [0, 0.05) is 15.8 Å². The highest BCUT2D eigenvalue weighted by molar-refractivity contribution is 9.10. The number of hydrogen-bond donors (Lipinski definition) is 1. The minimum Gasteiger partial charge on any atom is -0.388 e. The van der Waals surface area contributed by atoms with E-state index < -0.39 is 6.10 Å². The molecule has 0 aliphatic rings. The Labute approximate surface area is 112 Å². The summed E-state index contributed by atoms with van der Waals surface area (Å²) in [6.07, 6.45) is -0.0483. The highest BCUT2D eigenvalue weighted by Crippen LogP contribution is 2.28. The third kappa shape index (κ3) is 2.94. The topological polar surface area (TPSA) is 20.2 Å². The lowest BCUT2D eigenvalue weighted by Gasteiger charge is -2.11. The van der Waals surface area contributed by atoms with E-state index in [1.54, 1.807) is 30.4 Å². The van der Waals surface area contributed by atoms with Crippen LogP contribution in [0.1, 0.15) is 22.1 Å². The Bertz CT molecular complexity index is 524. The zero-order chi connectivity index (χ0) is 12.4. The summed E-state index contributed by atoms with van der Waals surface area (Å²) in [6.45, 7) is 1.70. The van der Waals surface area contributed by atoms with E-state index in [0.717, 1.165) is 14.9 Å². The van der Waals surface area contributed by atoms with Gasteiger partial charge in [-0.05, 0) is 51.5 Å². The molecule has 1 atom stereocenters. The molecule has 0 saturated carbocycles. The van der Waals surface area contributed by atoms with Gasteiger partial charge in [-0.25, -0.2) is 4.39 Å². The molecule has 1 heterocycles. The Morgan fingerprint density at radius 3 is 2.76 bits per heavy atom. The molecule has 2 rings (SSSR count). The fourth-order valence-corrected chi connectivity index (χ4v) is 3.19. The van der Waals surface area contributed by atoms with Crippen LogP contribution in [-0.2, 0) is 6.42 Å². The number of halogens is 2. The lowest BCUT2D eigenvalue weighted by atomic mass is 10.0. The van der Waals surface area contributed by atoms with E-state index in [0.29, 0.717) is 12.0 Å². The molecular weight excluding hydrogens is 303 g/mol. The van der Waals surface area contributed by atoms with E-state index in [4.69, 9.17) is 0 Å². The van der Waals surface area contributed by atoms with E-state index in [2.05, 4.69) is 15.9 Å². The van der Waals surface area contributed by atoms with Crippen LogP contribution in [0.5, 0.6) is 0 Å². The number of aliphatic hydroxyl groups is 1. The Morgan fingerprint density at radius 1 is 1.41 bits per heavy atom. The van der Waals surface area contributed by atoms with E-state index in [9.17, 15) is 9.50 Å². The zero-order valence-corrected chi connectivity index (χ0v) is 11.7. The number of thiophene rings is 1. The van der Waals surface area contributed by atoms with Gasteiger partial charge in [0.25, 0.3) is 0 Å². The monoisotopic (exact) mass is 314 g/mol. The molecular formula is C13H12BrFOS. The van der Waals surface area contributed by atoms with Crippen LogP contribution >= 0.6 is 27.3 Å². The second kappa shape index (κ2) is 5.29. The first-order valence-corrected chi connectivity index (χ1v) is 6.91. The Hall–Kier alpha value is -0.710. The maximum Gasteiger partial charge on any atom is 0.126 e. The SMILES string of the molecule is Cc1cc(C(O)Cc2sccc2Br)ccc1F. The average molecular weight is 315 g/mol. The molecule has 0 aliphatic carbocycles. The molecule has 90 valence electrons. The quantitative estimate of drug-likeness (QED) is 0.898. The lowest BCUT2D eigenvalue weighted by molar-refractivity contribution is 0.179. The summed E-state index contributed by atoms with van der Waals surface area (Å²) in [5.74, 6) is -0.238. The fourth-order valence-electron chi connectivity index (χ4n) is 1.64. The van der Waals surface area contributed by atoms with Crippen LogP contribution in [0.2, 0.25) is 0 Å². The van der Waals surface area contributed by atoms with Gasteiger partial charge in [-0.3, -0.25) is 0 Å². The average Bonchev–Trinajstić information content (AvgIpc) is 2.68. The van der Waals surface area contributed by atoms with Gasteiger partial charge >= 0.3 is 0 Å². The minimum atomic E-state index is -0.593. The second-order valence-electron chi connectivity index (χ2n) is 3.92. The standard InChI is InChI=1S/C13H12BrFOS/c1-8-6-9(2-3-11(8)15)12(16)7-13-10(14)4-5-17-13/h2-6,12,16H,7H2,1H3. The predicted octanol–water partition coefficient (Wildman–Crippen LogP) is 4.23. The molecule has 0 bridgehead atoms. The molecule has 1 nitrogen and oxygen atoms in total. The molecule has 1 N–H and O–H groups in total. The Kier molecular flexibility index (Phi) is 3.97. The van der Waals surface area contributed by atoms with Crippen molar-refractivity contribution in [2.24, 2.45) is 0 Å². The third-order valence-electron chi connectivity index (χ3n) is 2.64. The highest BCUT2D eigenvalue weighted by atomic mass is 79.9. The van der Waals surface area contributed by atoms with E-state index in [-0.39, 0.29) is 5.82 Å². The Balaban J connectivity index is 2.17. The van der Waals surface area contributed by atoms with Crippen LogP contribution in [0.25, 0.3) is 0 Å². The zero-order valence-electron chi connectivity index (χ0n) is 9.28. The van der Waals surface area contributed by atoms with Crippen molar-refractivity contribution >= 4 is 27.3 Å². The Morgan fingerprint density at radius 2 is 2.18 bits per heavy atom. The molecule has 1 aromatic carbocycles. The first kappa shape index (κ1) is 12.7. The minimum absolute atomic E-state index is 0.238. The van der Waals surface area contributed by atoms with Gasteiger partial charge in [0.1, 0.15) is 5.82 Å². The van der Waals surface area contributed by atoms with Crippen molar-refractivity contribution in [2.45, 2.75) is 19.4 Å². The molecule has 0 amide bonds. The number of benzene rings is 1. The first-order valence-electron chi connectivity index (χ1n) is 5.24. The van der Waals surface area contributed by atoms with Gasteiger partial charge in [0.15, 0.2) is 0 Å². The van der Waals surface area contributed by atoms with Crippen molar-refractivity contribution < 1.29 is 9.50 Å². The van der Waals surface area contributed by atoms with Crippen LogP contribution in [0.3, 0.4) is 0 Å². The summed E-state index contributed by atoms with van der Waals surface area (Å²) in [5, 5.41) is 12.1. The van der Waals surface area contributed by atoms with Crippen molar-refractivity contribution in [1.29, 1.82) is 0 Å². The van der Waals surface area contributed by atoms with Crippen LogP contribution < -0.4 is 0 Å². The summed E-state index contributed by atoms with van der Waals surface area (Å²) in [5.41, 5.74) is 1.32. The van der Waals surface area contributed by atoms with E-state index in [1.807, 2.05) is 11.4 Å². The summed E-state index contributed by atoms with van der Waals surface area (Å²) in [7, 11) is 0. The van der Waals surface area contributed by atoms with Gasteiger partial charge in [-0.1, -0.05) is 12.1 Å². The van der Waals surface area contributed by atoms with Crippen molar-refractivity contribution in [1.82, 2.24) is 0 Å². The smallest absolute Gasteiger partial charge is 0.126 e. The molecule has 4 heteroatoms. The van der Waals surface area contributed by atoms with Crippen molar-refractivity contribution in [3.63, 3.8) is 0 Å². The van der Waals surface area contributed by atoms with Crippen LogP contribution in [0, 0.1) is 12.7 Å². The number of rotatable bonds is 3. The fraction of sp³-hybridized carbons (Fsp3) is 0.231. The summed E-state index contributed by atoms with van der Waals surface area (Å²) < 4.78 is 14.1. The molecule has 0 spiro atoms. The number of hydrogen-bond acceptors (Lipinski definition) is 2. The molecule has 0 fully saturated rings. The molecule has 17 heavy (non-hydrogen) atoms. The molecule has 0 aliphatic heterocycles. The van der Waals surface area contributed by atoms with E-state index in [1.165, 1.54) is 6.07 Å². The number of aliphatic hydroxyl groups excluding tert-OH is 1. The summed E-state index contributed by atoms with van der Waals surface area (Å²) >= 11 is 5.03. The van der Waals surface area contributed by atoms with Gasteiger partial charge in [0.05, 0.1) is 6.10 Å². The van der Waals surface area contributed by atoms with Crippen LogP contribution in [-0.4, -0.2) is 5.11 Å². The first-order chi connectivity index (χ1) is 8.08. The normalized spacial score (nSPS) is 12.7.